The van der Waals surface area contributed by atoms with E-state index in [9.17, 15) is 9.59 Å². The van der Waals surface area contributed by atoms with Crippen LogP contribution in [0, 0.1) is 0 Å². The van der Waals surface area contributed by atoms with E-state index in [0.29, 0.717) is 39.4 Å². The average molecular weight is 286 g/mol. The second-order valence-electron chi connectivity index (χ2n) is 4.87. The van der Waals surface area contributed by atoms with E-state index in [-0.39, 0.29) is 25.0 Å². The molecule has 1 saturated heterocycles. The summed E-state index contributed by atoms with van der Waals surface area (Å²) in [5.41, 5.74) is 0. The highest BCUT2D eigenvalue weighted by atomic mass is 16.5. The van der Waals surface area contributed by atoms with Gasteiger partial charge in [-0.15, -0.1) is 0 Å². The summed E-state index contributed by atoms with van der Waals surface area (Å²) in [4.78, 5) is 27.2. The minimum absolute atomic E-state index is 0.00721. The standard InChI is InChI=1S/C14H26N2O4/c1-3-9-19-11-13(17)15-5-7-16(8-6-15)14(18)12-20-10-4-2/h3-12H2,1-2H3. The predicted molar refractivity (Wildman–Crippen MR) is 75.4 cm³/mol. The van der Waals surface area contributed by atoms with Crippen molar-refractivity contribution in [2.24, 2.45) is 0 Å². The number of hydrogen-bond donors (Lipinski definition) is 0. The van der Waals surface area contributed by atoms with Gasteiger partial charge in [-0.3, -0.25) is 9.59 Å². The molecule has 0 atom stereocenters. The molecule has 0 radical (unpaired) electrons. The summed E-state index contributed by atoms with van der Waals surface area (Å²) in [6.07, 6.45) is 1.82. The Morgan fingerprint density at radius 2 is 1.15 bits per heavy atom. The molecule has 0 aliphatic carbocycles. The van der Waals surface area contributed by atoms with Crippen molar-refractivity contribution in [3.8, 4) is 0 Å². The van der Waals surface area contributed by atoms with Crippen LogP contribution in [0.4, 0.5) is 0 Å². The number of rotatable bonds is 8. The van der Waals surface area contributed by atoms with E-state index in [1.165, 1.54) is 0 Å². The number of nitrogens with zero attached hydrogens (tertiary/aromatic N) is 2. The summed E-state index contributed by atoms with van der Waals surface area (Å²) in [7, 11) is 0. The van der Waals surface area contributed by atoms with Gasteiger partial charge in [0.05, 0.1) is 0 Å². The molecule has 1 rings (SSSR count). The highest BCUT2D eigenvalue weighted by molar-refractivity contribution is 5.79. The zero-order chi connectivity index (χ0) is 14.8. The summed E-state index contributed by atoms with van der Waals surface area (Å²) in [6.45, 7) is 7.83. The van der Waals surface area contributed by atoms with Crippen molar-refractivity contribution in [3.63, 3.8) is 0 Å². The number of amides is 2. The average Bonchev–Trinajstić information content (AvgIpc) is 2.47. The van der Waals surface area contributed by atoms with Crippen LogP contribution in [-0.2, 0) is 19.1 Å². The first kappa shape index (κ1) is 16.9. The SMILES string of the molecule is CCCOCC(=O)N1CCN(C(=O)COCCC)CC1. The molecule has 0 aromatic heterocycles. The van der Waals surface area contributed by atoms with Gasteiger partial charge < -0.3 is 19.3 Å². The number of carbonyl (C=O) groups is 2. The summed E-state index contributed by atoms with van der Waals surface area (Å²) >= 11 is 0. The summed E-state index contributed by atoms with van der Waals surface area (Å²) < 4.78 is 10.5. The van der Waals surface area contributed by atoms with Crippen molar-refractivity contribution in [2.45, 2.75) is 26.7 Å². The van der Waals surface area contributed by atoms with Crippen LogP contribution in [0.2, 0.25) is 0 Å². The maximum atomic E-state index is 11.8. The highest BCUT2D eigenvalue weighted by Crippen LogP contribution is 2.03. The second kappa shape index (κ2) is 9.72. The number of piperazine rings is 1. The fourth-order valence-corrected chi connectivity index (χ4v) is 2.00. The minimum atomic E-state index is 0.00721. The molecule has 2 amide bonds. The van der Waals surface area contributed by atoms with Crippen molar-refractivity contribution in [1.29, 1.82) is 0 Å². The Morgan fingerprint density at radius 1 is 0.800 bits per heavy atom. The lowest BCUT2D eigenvalue weighted by molar-refractivity contribution is -0.144. The highest BCUT2D eigenvalue weighted by Gasteiger charge is 2.23. The van der Waals surface area contributed by atoms with Crippen LogP contribution < -0.4 is 0 Å². The normalized spacial score (nSPS) is 15.5. The zero-order valence-electron chi connectivity index (χ0n) is 12.6. The lowest BCUT2D eigenvalue weighted by Crippen LogP contribution is -2.52. The van der Waals surface area contributed by atoms with Gasteiger partial charge in [-0.1, -0.05) is 13.8 Å². The van der Waals surface area contributed by atoms with Gasteiger partial charge >= 0.3 is 0 Å². The molecule has 0 bridgehead atoms. The topological polar surface area (TPSA) is 59.1 Å². The Balaban J connectivity index is 2.21. The molecule has 6 nitrogen and oxygen atoms in total. The van der Waals surface area contributed by atoms with E-state index < -0.39 is 0 Å². The Hall–Kier alpha value is -1.14. The van der Waals surface area contributed by atoms with Crippen LogP contribution in [-0.4, -0.2) is 74.2 Å². The van der Waals surface area contributed by atoms with Gasteiger partial charge in [0.25, 0.3) is 0 Å². The summed E-state index contributed by atoms with van der Waals surface area (Å²) in [5, 5.41) is 0. The van der Waals surface area contributed by atoms with Gasteiger partial charge in [0.1, 0.15) is 13.2 Å². The second-order valence-corrected chi connectivity index (χ2v) is 4.87. The predicted octanol–water partition coefficient (Wildman–Crippen LogP) is 0.510. The van der Waals surface area contributed by atoms with Crippen LogP contribution in [0.5, 0.6) is 0 Å². The van der Waals surface area contributed by atoms with Crippen molar-refractivity contribution < 1.29 is 19.1 Å². The third kappa shape index (κ3) is 5.88. The van der Waals surface area contributed by atoms with Crippen LogP contribution in [0.1, 0.15) is 26.7 Å². The van der Waals surface area contributed by atoms with Gasteiger partial charge in [0.15, 0.2) is 0 Å². The molecule has 20 heavy (non-hydrogen) atoms. The molecule has 1 heterocycles. The third-order valence-electron chi connectivity index (χ3n) is 3.13. The molecule has 0 N–H and O–H groups in total. The Bertz CT molecular complexity index is 272. The number of carbonyl (C=O) groups excluding carboxylic acids is 2. The van der Waals surface area contributed by atoms with E-state index in [2.05, 4.69) is 0 Å². The van der Waals surface area contributed by atoms with Crippen LogP contribution in [0.3, 0.4) is 0 Å². The molecule has 116 valence electrons. The van der Waals surface area contributed by atoms with Gasteiger partial charge in [-0.25, -0.2) is 0 Å². The van der Waals surface area contributed by atoms with Crippen LogP contribution in [0.15, 0.2) is 0 Å². The minimum Gasteiger partial charge on any atom is -0.372 e. The van der Waals surface area contributed by atoms with E-state index in [4.69, 9.17) is 9.47 Å². The van der Waals surface area contributed by atoms with E-state index >= 15 is 0 Å². The molecular weight excluding hydrogens is 260 g/mol. The first-order valence-corrected chi connectivity index (χ1v) is 7.40. The molecule has 1 fully saturated rings. The molecule has 0 saturated carbocycles. The van der Waals surface area contributed by atoms with E-state index in [1.807, 2.05) is 13.8 Å². The lowest BCUT2D eigenvalue weighted by Gasteiger charge is -2.34. The molecule has 0 aromatic carbocycles. The van der Waals surface area contributed by atoms with Crippen LogP contribution >= 0.6 is 0 Å². The Labute approximate surface area is 121 Å². The van der Waals surface area contributed by atoms with E-state index in [1.54, 1.807) is 9.80 Å². The van der Waals surface area contributed by atoms with Gasteiger partial charge in [0.2, 0.25) is 11.8 Å². The first-order chi connectivity index (χ1) is 9.69. The van der Waals surface area contributed by atoms with Crippen LogP contribution in [0.25, 0.3) is 0 Å². The van der Waals surface area contributed by atoms with E-state index in [0.717, 1.165) is 12.8 Å². The van der Waals surface area contributed by atoms with Crippen molar-refractivity contribution in [2.75, 3.05) is 52.6 Å². The first-order valence-electron chi connectivity index (χ1n) is 7.40. The Morgan fingerprint density at radius 3 is 1.45 bits per heavy atom. The maximum absolute atomic E-state index is 11.8. The lowest BCUT2D eigenvalue weighted by atomic mass is 10.3. The molecule has 1 aliphatic heterocycles. The molecule has 1 aliphatic rings. The molecule has 0 spiro atoms. The van der Waals surface area contributed by atoms with Crippen molar-refractivity contribution in [1.82, 2.24) is 9.80 Å². The van der Waals surface area contributed by atoms with Crippen molar-refractivity contribution in [3.05, 3.63) is 0 Å². The molecule has 0 unspecified atom stereocenters. The number of ether oxygens (including phenoxy) is 2. The fraction of sp³-hybridized carbons (Fsp3) is 0.857. The smallest absolute Gasteiger partial charge is 0.248 e. The van der Waals surface area contributed by atoms with Crippen molar-refractivity contribution >= 4 is 11.8 Å². The monoisotopic (exact) mass is 286 g/mol. The zero-order valence-corrected chi connectivity index (χ0v) is 12.6. The molecular formula is C14H26N2O4. The third-order valence-corrected chi connectivity index (χ3v) is 3.13. The maximum Gasteiger partial charge on any atom is 0.248 e. The van der Waals surface area contributed by atoms with Gasteiger partial charge in [-0.2, -0.15) is 0 Å². The summed E-state index contributed by atoms with van der Waals surface area (Å²) in [5.74, 6) is 0.0144. The summed E-state index contributed by atoms with van der Waals surface area (Å²) in [6, 6.07) is 0. The largest absolute Gasteiger partial charge is 0.372 e. The Kier molecular flexibility index (Phi) is 8.22. The number of hydrogen-bond acceptors (Lipinski definition) is 4. The molecule has 0 aromatic rings. The van der Waals surface area contributed by atoms with Gasteiger partial charge in [0, 0.05) is 39.4 Å². The fourth-order valence-electron chi connectivity index (χ4n) is 2.00. The molecule has 6 heteroatoms. The van der Waals surface area contributed by atoms with Gasteiger partial charge in [-0.05, 0) is 12.8 Å². The quantitative estimate of drug-likeness (QED) is 0.610.